The van der Waals surface area contributed by atoms with Crippen LogP contribution in [0, 0.1) is 6.92 Å². The molecule has 2 heterocycles. The third-order valence-electron chi connectivity index (χ3n) is 4.75. The molecule has 1 saturated heterocycles. The number of amides is 1. The fourth-order valence-electron chi connectivity index (χ4n) is 3.02. The molecule has 0 unspecified atom stereocenters. The SMILES string of the molecule is Cc1ccc(S(=O)(=O)N2CCN(CC(=O)N(C)Cc3cccs3)CC2)cc1. The number of likely N-dealkylation sites (N-methyl/N-ethyl adjacent to an activating group) is 1. The maximum atomic E-state index is 12.7. The number of rotatable bonds is 6. The second-order valence-electron chi connectivity index (χ2n) is 6.82. The van der Waals surface area contributed by atoms with Gasteiger partial charge in [0.05, 0.1) is 18.0 Å². The van der Waals surface area contributed by atoms with E-state index in [4.69, 9.17) is 0 Å². The lowest BCUT2D eigenvalue weighted by Gasteiger charge is -2.34. The van der Waals surface area contributed by atoms with Crippen LogP contribution in [-0.2, 0) is 21.4 Å². The van der Waals surface area contributed by atoms with Crippen molar-refractivity contribution in [2.45, 2.75) is 18.4 Å². The Labute approximate surface area is 165 Å². The number of nitrogens with zero attached hydrogens (tertiary/aromatic N) is 3. The van der Waals surface area contributed by atoms with Crippen LogP contribution in [0.5, 0.6) is 0 Å². The predicted octanol–water partition coefficient (Wildman–Crippen LogP) is 2.02. The molecule has 146 valence electrons. The molecule has 0 bridgehead atoms. The molecule has 1 aliphatic heterocycles. The number of carbonyl (C=O) groups excluding carboxylic acids is 1. The lowest BCUT2D eigenvalue weighted by atomic mass is 10.2. The summed E-state index contributed by atoms with van der Waals surface area (Å²) in [5.41, 5.74) is 1.03. The molecule has 8 heteroatoms. The van der Waals surface area contributed by atoms with Gasteiger partial charge in [0, 0.05) is 38.1 Å². The third kappa shape index (κ3) is 4.95. The summed E-state index contributed by atoms with van der Waals surface area (Å²) >= 11 is 1.64. The Morgan fingerprint density at radius 1 is 1.11 bits per heavy atom. The fraction of sp³-hybridized carbons (Fsp3) is 0.421. The first kappa shape index (κ1) is 20.0. The number of hydrogen-bond acceptors (Lipinski definition) is 5. The monoisotopic (exact) mass is 407 g/mol. The first-order valence-electron chi connectivity index (χ1n) is 8.92. The van der Waals surface area contributed by atoms with E-state index in [2.05, 4.69) is 0 Å². The van der Waals surface area contributed by atoms with Gasteiger partial charge in [-0.2, -0.15) is 4.31 Å². The summed E-state index contributed by atoms with van der Waals surface area (Å²) in [5, 5.41) is 2.00. The van der Waals surface area contributed by atoms with Crippen molar-refractivity contribution in [2.24, 2.45) is 0 Å². The van der Waals surface area contributed by atoms with Crippen molar-refractivity contribution in [3.8, 4) is 0 Å². The number of aryl methyl sites for hydroxylation is 1. The van der Waals surface area contributed by atoms with Crippen molar-refractivity contribution in [1.29, 1.82) is 0 Å². The van der Waals surface area contributed by atoms with Crippen molar-refractivity contribution < 1.29 is 13.2 Å². The van der Waals surface area contributed by atoms with Crippen LogP contribution in [-0.4, -0.2) is 68.2 Å². The van der Waals surface area contributed by atoms with Crippen molar-refractivity contribution in [3.63, 3.8) is 0 Å². The first-order valence-corrected chi connectivity index (χ1v) is 11.2. The van der Waals surface area contributed by atoms with E-state index in [1.165, 1.54) is 4.31 Å². The normalized spacial score (nSPS) is 16.4. The van der Waals surface area contributed by atoms with Gasteiger partial charge >= 0.3 is 0 Å². The molecule has 1 aliphatic rings. The molecule has 1 amide bonds. The molecule has 0 saturated carbocycles. The Morgan fingerprint density at radius 3 is 2.37 bits per heavy atom. The Morgan fingerprint density at radius 2 is 1.78 bits per heavy atom. The smallest absolute Gasteiger partial charge is 0.243 e. The van der Waals surface area contributed by atoms with E-state index in [-0.39, 0.29) is 5.91 Å². The highest BCUT2D eigenvalue weighted by atomic mass is 32.2. The van der Waals surface area contributed by atoms with Crippen molar-refractivity contribution in [3.05, 3.63) is 52.2 Å². The topological polar surface area (TPSA) is 60.9 Å². The van der Waals surface area contributed by atoms with E-state index in [0.717, 1.165) is 10.4 Å². The Hall–Kier alpha value is -1.74. The van der Waals surface area contributed by atoms with Gasteiger partial charge in [0.1, 0.15) is 0 Å². The first-order chi connectivity index (χ1) is 12.9. The average Bonchev–Trinajstić information content (AvgIpc) is 3.15. The molecule has 3 rings (SSSR count). The molecule has 1 aromatic carbocycles. The molecule has 6 nitrogen and oxygen atoms in total. The molecule has 1 aromatic heterocycles. The average molecular weight is 408 g/mol. The van der Waals surface area contributed by atoms with Crippen LogP contribution < -0.4 is 0 Å². The summed E-state index contributed by atoms with van der Waals surface area (Å²) in [4.78, 5) is 17.7. The van der Waals surface area contributed by atoms with Gasteiger partial charge in [-0.05, 0) is 30.5 Å². The standard InChI is InChI=1S/C19H25N3O3S2/c1-16-5-7-18(8-6-16)27(24,25)22-11-9-21(10-12-22)15-19(23)20(2)14-17-4-3-13-26-17/h3-8,13H,9-12,14-15H2,1-2H3. The maximum Gasteiger partial charge on any atom is 0.243 e. The van der Waals surface area contributed by atoms with Gasteiger partial charge in [-0.3, -0.25) is 9.69 Å². The summed E-state index contributed by atoms with van der Waals surface area (Å²) in [6.45, 7) is 4.78. The van der Waals surface area contributed by atoms with Crippen LogP contribution in [0.3, 0.4) is 0 Å². The van der Waals surface area contributed by atoms with Crippen LogP contribution in [0.4, 0.5) is 0 Å². The molecule has 0 aliphatic carbocycles. The zero-order valence-electron chi connectivity index (χ0n) is 15.7. The molecule has 0 N–H and O–H groups in total. The highest BCUT2D eigenvalue weighted by Gasteiger charge is 2.29. The van der Waals surface area contributed by atoms with Crippen LogP contribution in [0.2, 0.25) is 0 Å². The van der Waals surface area contributed by atoms with Gasteiger partial charge in [0.15, 0.2) is 0 Å². The predicted molar refractivity (Wildman–Crippen MR) is 107 cm³/mol. The van der Waals surface area contributed by atoms with E-state index in [9.17, 15) is 13.2 Å². The zero-order chi connectivity index (χ0) is 19.4. The third-order valence-corrected chi connectivity index (χ3v) is 7.52. The summed E-state index contributed by atoms with van der Waals surface area (Å²) in [6.07, 6.45) is 0. The molecule has 0 spiro atoms. The summed E-state index contributed by atoms with van der Waals surface area (Å²) in [5.74, 6) is 0.0539. The van der Waals surface area contributed by atoms with Crippen molar-refractivity contribution in [2.75, 3.05) is 39.8 Å². The van der Waals surface area contributed by atoms with Gasteiger partial charge in [0.2, 0.25) is 15.9 Å². The van der Waals surface area contributed by atoms with Gasteiger partial charge in [0.25, 0.3) is 0 Å². The van der Waals surface area contributed by atoms with Gasteiger partial charge in [-0.1, -0.05) is 23.8 Å². The van der Waals surface area contributed by atoms with Gasteiger partial charge < -0.3 is 4.90 Å². The van der Waals surface area contributed by atoms with E-state index in [0.29, 0.717) is 44.2 Å². The molecule has 0 radical (unpaired) electrons. The minimum atomic E-state index is -3.47. The van der Waals surface area contributed by atoms with E-state index in [1.807, 2.05) is 41.5 Å². The second kappa shape index (κ2) is 8.52. The minimum Gasteiger partial charge on any atom is -0.340 e. The Bertz CT molecular complexity index is 856. The van der Waals surface area contributed by atoms with Crippen molar-refractivity contribution >= 4 is 27.3 Å². The van der Waals surface area contributed by atoms with Crippen LogP contribution in [0.1, 0.15) is 10.4 Å². The lowest BCUT2D eigenvalue weighted by molar-refractivity contribution is -0.131. The number of piperazine rings is 1. The van der Waals surface area contributed by atoms with E-state index in [1.54, 1.807) is 35.4 Å². The summed E-state index contributed by atoms with van der Waals surface area (Å²) in [7, 11) is -1.66. The summed E-state index contributed by atoms with van der Waals surface area (Å²) in [6, 6.07) is 10.9. The summed E-state index contributed by atoms with van der Waals surface area (Å²) < 4.78 is 27.0. The molecule has 2 aromatic rings. The van der Waals surface area contributed by atoms with Crippen LogP contribution >= 0.6 is 11.3 Å². The van der Waals surface area contributed by atoms with E-state index >= 15 is 0 Å². The van der Waals surface area contributed by atoms with Gasteiger partial charge in [-0.25, -0.2) is 8.42 Å². The Kier molecular flexibility index (Phi) is 6.31. The molecular formula is C19H25N3O3S2. The maximum absolute atomic E-state index is 12.7. The number of hydrogen-bond donors (Lipinski definition) is 0. The van der Waals surface area contributed by atoms with Crippen molar-refractivity contribution in [1.82, 2.24) is 14.1 Å². The lowest BCUT2D eigenvalue weighted by Crippen LogP contribution is -2.51. The Balaban J connectivity index is 1.52. The van der Waals surface area contributed by atoms with E-state index < -0.39 is 10.0 Å². The second-order valence-corrected chi connectivity index (χ2v) is 9.79. The molecule has 1 fully saturated rings. The number of carbonyl (C=O) groups is 1. The fourth-order valence-corrected chi connectivity index (χ4v) is 5.20. The van der Waals surface area contributed by atoms with Gasteiger partial charge in [-0.15, -0.1) is 11.3 Å². The van der Waals surface area contributed by atoms with Crippen LogP contribution in [0.15, 0.2) is 46.7 Å². The number of sulfonamides is 1. The highest BCUT2D eigenvalue weighted by molar-refractivity contribution is 7.89. The zero-order valence-corrected chi connectivity index (χ0v) is 17.3. The quantitative estimate of drug-likeness (QED) is 0.735. The number of benzene rings is 1. The largest absolute Gasteiger partial charge is 0.340 e. The highest BCUT2D eigenvalue weighted by Crippen LogP contribution is 2.18. The minimum absolute atomic E-state index is 0.0539. The number of thiophene rings is 1. The molecule has 27 heavy (non-hydrogen) atoms. The molecular weight excluding hydrogens is 382 g/mol. The molecule has 0 atom stereocenters. The van der Waals surface area contributed by atoms with Crippen LogP contribution in [0.25, 0.3) is 0 Å².